The third kappa shape index (κ3) is 10.8. The Kier molecular flexibility index (Phi) is 15.0. The molecule has 0 atom stereocenters. The van der Waals surface area contributed by atoms with Crippen LogP contribution in [0.4, 0.5) is 0 Å². The van der Waals surface area contributed by atoms with Crippen LogP contribution in [-0.4, -0.2) is 0 Å². The van der Waals surface area contributed by atoms with Gasteiger partial charge in [-0.25, -0.2) is 0 Å². The summed E-state index contributed by atoms with van der Waals surface area (Å²) in [5.41, 5.74) is 0. The van der Waals surface area contributed by atoms with Crippen molar-refractivity contribution in [3.8, 4) is 0 Å². The van der Waals surface area contributed by atoms with E-state index in [4.69, 9.17) is 0 Å². The zero-order valence-corrected chi connectivity index (χ0v) is 7.58. The molecule has 0 unspecified atom stereocenters. The van der Waals surface area contributed by atoms with Gasteiger partial charge in [0, 0.05) is 0 Å². The van der Waals surface area contributed by atoms with Gasteiger partial charge < -0.3 is 13.8 Å². The summed E-state index contributed by atoms with van der Waals surface area (Å²) in [5.74, 6) is 0. The molecule has 0 spiro atoms. The smallest absolute Gasteiger partial charge is 0.343 e. The average molecular weight is 268 g/mol. The summed E-state index contributed by atoms with van der Waals surface area (Å²) in [6, 6.07) is 0. The zero-order valence-electron chi connectivity index (χ0n) is 4.65. The van der Waals surface area contributed by atoms with E-state index in [0.717, 1.165) is 12.8 Å². The van der Waals surface area contributed by atoms with Gasteiger partial charge in [0.05, 0.1) is 0 Å². The van der Waals surface area contributed by atoms with E-state index in [-0.39, 0.29) is 21.1 Å². The second-order valence-corrected chi connectivity index (χ2v) is 1.41. The maximum absolute atomic E-state index is 3.70. The first kappa shape index (κ1) is 10.6. The summed E-state index contributed by atoms with van der Waals surface area (Å²) >= 11 is 0. The van der Waals surface area contributed by atoms with Crippen LogP contribution in [0, 0.1) is 13.8 Å². The topological polar surface area (TPSA) is 0 Å². The third-order valence-corrected chi connectivity index (χ3v) is 0.750. The number of rotatable bonds is 3. The van der Waals surface area contributed by atoms with Crippen molar-refractivity contribution in [2.75, 3.05) is 0 Å². The maximum Gasteiger partial charge on any atom is 2.00 e. The normalized spacial score (nSPS) is 7.71. The van der Waals surface area contributed by atoms with Crippen molar-refractivity contribution in [3.63, 3.8) is 0 Å². The largest absolute Gasteiger partial charge is 2.00 e. The van der Waals surface area contributed by atoms with Crippen LogP contribution in [0.3, 0.4) is 0 Å². The van der Waals surface area contributed by atoms with Gasteiger partial charge in [0.15, 0.2) is 0 Å². The van der Waals surface area contributed by atoms with Crippen molar-refractivity contribution >= 4 is 0 Å². The van der Waals surface area contributed by atoms with Gasteiger partial charge in [-0.1, -0.05) is 12.8 Å². The summed E-state index contributed by atoms with van der Waals surface area (Å²) in [6.45, 7) is 7.39. The molecular weight excluding hydrogens is 256 g/mol. The molecule has 0 fully saturated rings. The molecule has 0 aromatic carbocycles. The Balaban J connectivity index is 0. The Morgan fingerprint density at radius 2 is 1.14 bits per heavy atom. The molecule has 0 saturated heterocycles. The van der Waals surface area contributed by atoms with Crippen LogP contribution in [0.2, 0.25) is 0 Å². The fourth-order valence-electron chi connectivity index (χ4n) is 0.354. The van der Waals surface area contributed by atoms with E-state index in [1.54, 1.807) is 0 Å². The van der Waals surface area contributed by atoms with Gasteiger partial charge in [-0.3, -0.25) is 0 Å². The maximum atomic E-state index is 3.70. The molecule has 0 N–H and O–H groups in total. The first-order valence-electron chi connectivity index (χ1n) is 2.50. The average Bonchev–Trinajstić information content (AvgIpc) is 1.61. The van der Waals surface area contributed by atoms with Crippen molar-refractivity contribution in [1.82, 2.24) is 0 Å². The predicted octanol–water partition coefficient (Wildman–Crippen LogP) is 2.21. The Labute approximate surface area is 61.0 Å². The van der Waals surface area contributed by atoms with E-state index in [0.29, 0.717) is 0 Å². The molecule has 7 heavy (non-hydrogen) atoms. The Bertz CT molecular complexity index is 16.1. The van der Waals surface area contributed by atoms with Crippen LogP contribution in [0.25, 0.3) is 0 Å². The molecule has 0 heterocycles. The van der Waals surface area contributed by atoms with Gasteiger partial charge in [0.2, 0.25) is 0 Å². The van der Waals surface area contributed by atoms with Crippen molar-refractivity contribution in [3.05, 3.63) is 13.8 Å². The Morgan fingerprint density at radius 1 is 0.857 bits per heavy atom. The number of hydrogen-bond acceptors (Lipinski definition) is 0. The molecule has 0 radical (unpaired) electrons. The second-order valence-electron chi connectivity index (χ2n) is 1.41. The standard InChI is InChI=1S/C6H12.W/c1-3-5-6-4-2;/h1-6H2;/q-2;+2. The van der Waals surface area contributed by atoms with Crippen molar-refractivity contribution in [1.29, 1.82) is 0 Å². The first-order chi connectivity index (χ1) is 2.91. The van der Waals surface area contributed by atoms with E-state index in [2.05, 4.69) is 13.8 Å². The van der Waals surface area contributed by atoms with Crippen molar-refractivity contribution in [2.45, 2.75) is 25.7 Å². The second kappa shape index (κ2) is 9.85. The quantitative estimate of drug-likeness (QED) is 0.543. The van der Waals surface area contributed by atoms with E-state index >= 15 is 0 Å². The summed E-state index contributed by atoms with van der Waals surface area (Å²) in [4.78, 5) is 0. The SMILES string of the molecule is [CH2-]CCCC[CH2-].[W+2]. The summed E-state index contributed by atoms with van der Waals surface area (Å²) < 4.78 is 0. The molecule has 0 saturated carbocycles. The van der Waals surface area contributed by atoms with Crippen LogP contribution in [0.5, 0.6) is 0 Å². The Hall–Kier alpha value is 0.688. The molecule has 0 bridgehead atoms. The van der Waals surface area contributed by atoms with Crippen molar-refractivity contribution in [2.24, 2.45) is 0 Å². The molecule has 0 nitrogen and oxygen atoms in total. The molecule has 1 heteroatoms. The van der Waals surface area contributed by atoms with E-state index < -0.39 is 0 Å². The van der Waals surface area contributed by atoms with Crippen LogP contribution < -0.4 is 0 Å². The molecule has 42 valence electrons. The van der Waals surface area contributed by atoms with Gasteiger partial charge in [-0.15, -0.1) is 0 Å². The first-order valence-corrected chi connectivity index (χ1v) is 2.50. The van der Waals surface area contributed by atoms with Crippen LogP contribution in [0.1, 0.15) is 25.7 Å². The zero-order chi connectivity index (χ0) is 4.83. The fourth-order valence-corrected chi connectivity index (χ4v) is 0.354. The van der Waals surface area contributed by atoms with E-state index in [9.17, 15) is 0 Å². The molecule has 0 aromatic heterocycles. The molecule has 0 aliphatic heterocycles. The van der Waals surface area contributed by atoms with Gasteiger partial charge in [-0.2, -0.15) is 12.8 Å². The van der Waals surface area contributed by atoms with Gasteiger partial charge >= 0.3 is 21.1 Å². The molecule has 0 aliphatic carbocycles. The summed E-state index contributed by atoms with van der Waals surface area (Å²) in [7, 11) is 0. The van der Waals surface area contributed by atoms with E-state index in [1.807, 2.05) is 0 Å². The monoisotopic (exact) mass is 268 g/mol. The van der Waals surface area contributed by atoms with Gasteiger partial charge in [0.1, 0.15) is 0 Å². The Morgan fingerprint density at radius 3 is 1.29 bits per heavy atom. The van der Waals surface area contributed by atoms with Crippen LogP contribution in [-0.2, 0) is 21.1 Å². The molecule has 0 aliphatic rings. The fraction of sp³-hybridized carbons (Fsp3) is 0.667. The van der Waals surface area contributed by atoms with Gasteiger partial charge in [0.25, 0.3) is 0 Å². The predicted molar refractivity (Wildman–Crippen MR) is 29.2 cm³/mol. The number of hydrogen-bond donors (Lipinski definition) is 0. The van der Waals surface area contributed by atoms with Crippen LogP contribution in [0.15, 0.2) is 0 Å². The van der Waals surface area contributed by atoms with E-state index in [1.165, 1.54) is 12.8 Å². The minimum atomic E-state index is 0. The minimum absolute atomic E-state index is 0. The molecule has 0 rings (SSSR count). The third-order valence-electron chi connectivity index (χ3n) is 0.750. The minimum Gasteiger partial charge on any atom is -0.343 e. The van der Waals surface area contributed by atoms with Crippen molar-refractivity contribution < 1.29 is 21.1 Å². The molecular formula is C6H12W. The van der Waals surface area contributed by atoms with Gasteiger partial charge in [-0.05, 0) is 0 Å². The summed E-state index contributed by atoms with van der Waals surface area (Å²) in [5, 5.41) is 0. The number of unbranched alkanes of at least 4 members (excludes halogenated alkanes) is 3. The van der Waals surface area contributed by atoms with Crippen LogP contribution >= 0.6 is 0 Å². The summed E-state index contributed by atoms with van der Waals surface area (Å²) in [6.07, 6.45) is 4.61. The molecule has 0 aromatic rings. The molecule has 0 amide bonds.